The minimum absolute atomic E-state index is 0.171. The highest BCUT2D eigenvalue weighted by Gasteiger charge is 2.41. The standard InChI is InChI=1S/C49H34N2/c1-49(2)40-23-10-12-25-43(40)51-45-28-27-34(36-22-14-26-44-47(36)38-19-9-11-24-42(38)50(44)33-17-7-4-8-18-33)35-20-13-21-37(46(35)45)39-29-32(30-41(49)48(39)51)31-15-5-3-6-16-31/h3-30H,1-2H3. The number of benzene rings is 8. The second-order valence-electron chi connectivity index (χ2n) is 14.5. The molecule has 3 heterocycles. The molecule has 9 aromatic rings. The maximum Gasteiger partial charge on any atom is 0.0581 e. The first-order chi connectivity index (χ1) is 25.1. The highest BCUT2D eigenvalue weighted by Crippen LogP contribution is 2.61. The Morgan fingerprint density at radius 3 is 1.92 bits per heavy atom. The van der Waals surface area contributed by atoms with Crippen molar-refractivity contribution in [1.29, 1.82) is 0 Å². The Morgan fingerprint density at radius 2 is 1.08 bits per heavy atom. The van der Waals surface area contributed by atoms with Crippen LogP contribution in [0.15, 0.2) is 170 Å². The Kier molecular flexibility index (Phi) is 5.76. The summed E-state index contributed by atoms with van der Waals surface area (Å²) in [5.41, 5.74) is 17.6. The van der Waals surface area contributed by atoms with Crippen molar-refractivity contribution in [2.24, 2.45) is 0 Å². The van der Waals surface area contributed by atoms with Crippen molar-refractivity contribution >= 4 is 49.6 Å². The van der Waals surface area contributed by atoms with Crippen LogP contribution in [-0.2, 0) is 5.41 Å². The Bertz CT molecular complexity index is 2880. The van der Waals surface area contributed by atoms with Gasteiger partial charge in [0.05, 0.1) is 28.1 Å². The van der Waals surface area contributed by atoms with Gasteiger partial charge < -0.3 is 9.47 Å². The largest absolute Gasteiger partial charge is 0.309 e. The first kappa shape index (κ1) is 28.5. The fourth-order valence-electron chi connectivity index (χ4n) is 9.20. The molecular weight excluding hydrogens is 617 g/mol. The number of aromatic nitrogens is 1. The number of rotatable bonds is 3. The number of hydrogen-bond donors (Lipinski definition) is 0. The molecule has 0 saturated heterocycles. The quantitative estimate of drug-likeness (QED) is 0.185. The van der Waals surface area contributed by atoms with Gasteiger partial charge in [0.1, 0.15) is 0 Å². The lowest BCUT2D eigenvalue weighted by Crippen LogP contribution is -2.32. The molecule has 1 aromatic heterocycles. The topological polar surface area (TPSA) is 8.17 Å². The molecule has 2 aliphatic heterocycles. The van der Waals surface area contributed by atoms with E-state index in [-0.39, 0.29) is 5.41 Å². The lowest BCUT2D eigenvalue weighted by molar-refractivity contribution is 0.632. The number of nitrogens with zero attached hydrogens (tertiary/aromatic N) is 2. The Hall–Kier alpha value is -6.38. The third-order valence-corrected chi connectivity index (χ3v) is 11.5. The molecule has 0 amide bonds. The summed E-state index contributed by atoms with van der Waals surface area (Å²) in [6.07, 6.45) is 0. The molecule has 2 aliphatic rings. The van der Waals surface area contributed by atoms with Crippen LogP contribution in [0, 0.1) is 0 Å². The lowest BCUT2D eigenvalue weighted by Gasteiger charge is -2.45. The van der Waals surface area contributed by atoms with Crippen molar-refractivity contribution in [2.45, 2.75) is 19.3 Å². The van der Waals surface area contributed by atoms with Gasteiger partial charge in [0.15, 0.2) is 0 Å². The fourth-order valence-corrected chi connectivity index (χ4v) is 9.20. The fraction of sp³-hybridized carbons (Fsp3) is 0.0612. The van der Waals surface area contributed by atoms with Crippen molar-refractivity contribution in [3.63, 3.8) is 0 Å². The second kappa shape index (κ2) is 10.3. The molecule has 11 rings (SSSR count). The third kappa shape index (κ3) is 3.82. The minimum atomic E-state index is -0.171. The van der Waals surface area contributed by atoms with Crippen LogP contribution in [0.3, 0.4) is 0 Å². The molecule has 0 radical (unpaired) electrons. The van der Waals surface area contributed by atoms with Crippen molar-refractivity contribution in [3.8, 4) is 39.1 Å². The monoisotopic (exact) mass is 650 g/mol. The van der Waals surface area contributed by atoms with Crippen LogP contribution in [0.25, 0.3) is 71.6 Å². The predicted molar refractivity (Wildman–Crippen MR) is 215 cm³/mol. The average Bonchev–Trinajstić information content (AvgIpc) is 3.53. The van der Waals surface area contributed by atoms with E-state index in [1.54, 1.807) is 0 Å². The van der Waals surface area contributed by atoms with Crippen LogP contribution in [0.1, 0.15) is 25.0 Å². The summed E-state index contributed by atoms with van der Waals surface area (Å²) in [5.74, 6) is 0. The molecule has 0 bridgehead atoms. The number of hydrogen-bond acceptors (Lipinski definition) is 1. The van der Waals surface area contributed by atoms with Crippen LogP contribution >= 0.6 is 0 Å². The molecule has 8 aromatic carbocycles. The Morgan fingerprint density at radius 1 is 0.412 bits per heavy atom. The summed E-state index contributed by atoms with van der Waals surface area (Å²) in [6.45, 7) is 4.78. The van der Waals surface area contributed by atoms with Gasteiger partial charge in [0.2, 0.25) is 0 Å². The van der Waals surface area contributed by atoms with E-state index in [0.717, 1.165) is 0 Å². The van der Waals surface area contributed by atoms with Gasteiger partial charge in [-0.05, 0) is 92.9 Å². The molecule has 0 fully saturated rings. The van der Waals surface area contributed by atoms with E-state index < -0.39 is 0 Å². The minimum Gasteiger partial charge on any atom is -0.309 e. The predicted octanol–water partition coefficient (Wildman–Crippen LogP) is 13.4. The maximum absolute atomic E-state index is 2.56. The number of para-hydroxylation sites is 3. The van der Waals surface area contributed by atoms with Gasteiger partial charge in [-0.25, -0.2) is 0 Å². The van der Waals surface area contributed by atoms with Crippen LogP contribution in [0.4, 0.5) is 17.1 Å². The maximum atomic E-state index is 2.56. The average molecular weight is 651 g/mol. The smallest absolute Gasteiger partial charge is 0.0581 e. The van der Waals surface area contributed by atoms with Gasteiger partial charge in [0, 0.05) is 32.8 Å². The van der Waals surface area contributed by atoms with Crippen LogP contribution in [0.2, 0.25) is 0 Å². The molecule has 0 N–H and O–H groups in total. The van der Waals surface area contributed by atoms with E-state index in [2.05, 4.69) is 193 Å². The van der Waals surface area contributed by atoms with Crippen molar-refractivity contribution in [2.75, 3.05) is 4.90 Å². The molecular formula is C49H34N2. The van der Waals surface area contributed by atoms with E-state index in [1.165, 1.54) is 99.8 Å². The summed E-state index contributed by atoms with van der Waals surface area (Å²) >= 11 is 0. The highest BCUT2D eigenvalue weighted by atomic mass is 15.2. The summed E-state index contributed by atoms with van der Waals surface area (Å²) in [7, 11) is 0. The number of anilines is 3. The molecule has 0 unspecified atom stereocenters. The zero-order valence-electron chi connectivity index (χ0n) is 28.6. The molecule has 0 spiro atoms. The van der Waals surface area contributed by atoms with Gasteiger partial charge in [-0.15, -0.1) is 0 Å². The summed E-state index contributed by atoms with van der Waals surface area (Å²) in [6, 6.07) is 62.8. The Labute approximate surface area is 297 Å². The van der Waals surface area contributed by atoms with Gasteiger partial charge in [-0.1, -0.05) is 135 Å². The van der Waals surface area contributed by atoms with E-state index in [9.17, 15) is 0 Å². The van der Waals surface area contributed by atoms with E-state index in [0.29, 0.717) is 0 Å². The highest BCUT2D eigenvalue weighted by molar-refractivity contribution is 6.23. The molecule has 2 heteroatoms. The van der Waals surface area contributed by atoms with Gasteiger partial charge in [0.25, 0.3) is 0 Å². The number of fused-ring (bicyclic) bond motifs is 7. The molecule has 0 atom stereocenters. The van der Waals surface area contributed by atoms with E-state index in [4.69, 9.17) is 0 Å². The summed E-state index contributed by atoms with van der Waals surface area (Å²) in [5, 5.41) is 5.13. The van der Waals surface area contributed by atoms with Gasteiger partial charge in [-0.2, -0.15) is 0 Å². The third-order valence-electron chi connectivity index (χ3n) is 11.5. The Balaban J connectivity index is 1.24. The second-order valence-corrected chi connectivity index (χ2v) is 14.5. The summed E-state index contributed by atoms with van der Waals surface area (Å²) in [4.78, 5) is 2.56. The lowest BCUT2D eigenvalue weighted by atomic mass is 9.70. The van der Waals surface area contributed by atoms with Gasteiger partial charge >= 0.3 is 0 Å². The summed E-state index contributed by atoms with van der Waals surface area (Å²) < 4.78 is 2.41. The SMILES string of the molecule is CC1(C)c2ccccc2N2c3c(cc(-c4ccccc4)cc31)-c1cccc3c(-c4cccc5c4c4ccccc4n5-c4ccccc4)ccc2c13. The van der Waals surface area contributed by atoms with Crippen LogP contribution < -0.4 is 4.90 Å². The molecule has 0 saturated carbocycles. The molecule has 2 nitrogen and oxygen atoms in total. The zero-order valence-corrected chi connectivity index (χ0v) is 28.6. The zero-order chi connectivity index (χ0) is 33.8. The first-order valence-electron chi connectivity index (χ1n) is 17.9. The normalized spacial score (nSPS) is 13.8. The van der Waals surface area contributed by atoms with E-state index >= 15 is 0 Å². The van der Waals surface area contributed by atoms with Crippen LogP contribution in [0.5, 0.6) is 0 Å². The van der Waals surface area contributed by atoms with Crippen molar-refractivity contribution < 1.29 is 0 Å². The van der Waals surface area contributed by atoms with Crippen molar-refractivity contribution in [1.82, 2.24) is 4.57 Å². The first-order valence-corrected chi connectivity index (χ1v) is 17.9. The van der Waals surface area contributed by atoms with Gasteiger partial charge in [-0.3, -0.25) is 0 Å². The van der Waals surface area contributed by atoms with Crippen molar-refractivity contribution in [3.05, 3.63) is 181 Å². The molecule has 51 heavy (non-hydrogen) atoms. The molecule has 240 valence electrons. The molecule has 0 aliphatic carbocycles. The van der Waals surface area contributed by atoms with Crippen LogP contribution in [-0.4, -0.2) is 4.57 Å². The van der Waals surface area contributed by atoms with E-state index in [1.807, 2.05) is 0 Å².